The summed E-state index contributed by atoms with van der Waals surface area (Å²) in [7, 11) is -0.545. The highest BCUT2D eigenvalue weighted by Crippen LogP contribution is 2.18. The second kappa shape index (κ2) is 4.37. The largest absolute Gasteiger partial charge is 0.490 e. The quantitative estimate of drug-likeness (QED) is 0.630. The molecule has 0 aliphatic rings. The highest BCUT2D eigenvalue weighted by Gasteiger charge is 2.18. The van der Waals surface area contributed by atoms with Gasteiger partial charge in [-0.2, -0.15) is 0 Å². The Hall–Kier alpha value is -0.800. The van der Waals surface area contributed by atoms with Gasteiger partial charge in [-0.25, -0.2) is 0 Å². The lowest BCUT2D eigenvalue weighted by Crippen LogP contribution is -2.37. The van der Waals surface area contributed by atoms with Crippen molar-refractivity contribution in [3.63, 3.8) is 0 Å². The van der Waals surface area contributed by atoms with Gasteiger partial charge >= 0.3 is 7.12 Å². The van der Waals surface area contributed by atoms with Crippen molar-refractivity contribution in [2.24, 2.45) is 0 Å². The van der Waals surface area contributed by atoms with Crippen molar-refractivity contribution in [2.75, 3.05) is 0 Å². The van der Waals surface area contributed by atoms with Crippen LogP contribution in [0.3, 0.4) is 0 Å². The van der Waals surface area contributed by atoms with E-state index in [-0.39, 0.29) is 5.31 Å². The molecule has 3 nitrogen and oxygen atoms in total. The van der Waals surface area contributed by atoms with Gasteiger partial charge in [0.15, 0.2) is 7.28 Å². The minimum atomic E-state index is -1.43. The van der Waals surface area contributed by atoms with E-state index in [1.165, 1.54) is 0 Å². The van der Waals surface area contributed by atoms with Gasteiger partial charge in [-0.05, 0) is 6.92 Å². The fourth-order valence-corrected chi connectivity index (χ4v) is 1.54. The third kappa shape index (κ3) is 3.68. The lowest BCUT2D eigenvalue weighted by molar-refractivity contribution is 0.425. The molecule has 1 heterocycles. The standard InChI is InChI=1S/C10H17B2NO2/c1-7-8(12(14)15)5-6-9(13-7)11-10(2,3)4/h5-6,11,14-15H,1-4H3. The molecule has 1 aromatic heterocycles. The Bertz CT molecular complexity index is 348. The Balaban J connectivity index is 2.92. The number of rotatable bonds is 2. The van der Waals surface area contributed by atoms with Gasteiger partial charge in [0.2, 0.25) is 0 Å². The first-order chi connectivity index (χ1) is 6.79. The molecule has 2 N–H and O–H groups in total. The van der Waals surface area contributed by atoms with E-state index in [1.54, 1.807) is 13.0 Å². The minimum absolute atomic E-state index is 0.193. The first kappa shape index (κ1) is 12.3. The number of pyridine rings is 1. The molecule has 0 aliphatic carbocycles. The van der Waals surface area contributed by atoms with Gasteiger partial charge in [0, 0.05) is 16.8 Å². The minimum Gasteiger partial charge on any atom is -0.423 e. The molecule has 0 aliphatic heterocycles. The molecule has 15 heavy (non-hydrogen) atoms. The van der Waals surface area contributed by atoms with E-state index in [0.29, 0.717) is 11.2 Å². The summed E-state index contributed by atoms with van der Waals surface area (Å²) in [5, 5.41) is 18.3. The molecule has 0 radical (unpaired) electrons. The van der Waals surface area contributed by atoms with Crippen LogP contribution in [-0.4, -0.2) is 29.4 Å². The van der Waals surface area contributed by atoms with Gasteiger partial charge in [0.25, 0.3) is 0 Å². The molecule has 0 aromatic carbocycles. The van der Waals surface area contributed by atoms with Crippen molar-refractivity contribution >= 4 is 25.5 Å². The number of aromatic nitrogens is 1. The molecule has 0 bridgehead atoms. The average molecular weight is 205 g/mol. The lowest BCUT2D eigenvalue weighted by Gasteiger charge is -2.16. The zero-order valence-corrected chi connectivity index (χ0v) is 9.78. The summed E-state index contributed by atoms with van der Waals surface area (Å²) in [5.74, 6) is 0. The predicted octanol–water partition coefficient (Wildman–Crippen LogP) is -0.650. The Kier molecular flexibility index (Phi) is 3.58. The molecule has 5 heteroatoms. The first-order valence-electron chi connectivity index (χ1n) is 5.12. The van der Waals surface area contributed by atoms with Crippen molar-refractivity contribution in [3.05, 3.63) is 17.8 Å². The maximum atomic E-state index is 9.04. The van der Waals surface area contributed by atoms with Crippen LogP contribution in [0.5, 0.6) is 0 Å². The molecule has 0 saturated heterocycles. The molecular weight excluding hydrogens is 188 g/mol. The highest BCUT2D eigenvalue weighted by atomic mass is 16.4. The molecule has 1 aromatic rings. The van der Waals surface area contributed by atoms with Crippen molar-refractivity contribution in [2.45, 2.75) is 33.0 Å². The van der Waals surface area contributed by atoms with Crippen LogP contribution in [0.4, 0.5) is 0 Å². The zero-order valence-electron chi connectivity index (χ0n) is 9.78. The average Bonchev–Trinajstić information content (AvgIpc) is 1.99. The van der Waals surface area contributed by atoms with Gasteiger partial charge < -0.3 is 10.0 Å². The summed E-state index contributed by atoms with van der Waals surface area (Å²) in [6.45, 7) is 8.25. The van der Waals surface area contributed by atoms with Crippen LogP contribution >= 0.6 is 0 Å². The Morgan fingerprint density at radius 3 is 2.27 bits per heavy atom. The maximum Gasteiger partial charge on any atom is 0.490 e. The van der Waals surface area contributed by atoms with Crippen molar-refractivity contribution in [3.8, 4) is 0 Å². The number of nitrogens with zero attached hydrogens (tertiary/aromatic N) is 1. The van der Waals surface area contributed by atoms with Crippen molar-refractivity contribution < 1.29 is 10.0 Å². The van der Waals surface area contributed by atoms with Crippen LogP contribution in [0.2, 0.25) is 5.31 Å². The number of aryl methyl sites for hydroxylation is 1. The second-order valence-corrected chi connectivity index (χ2v) is 5.09. The zero-order chi connectivity index (χ0) is 11.6. The van der Waals surface area contributed by atoms with Gasteiger partial charge in [0.05, 0.1) is 0 Å². The van der Waals surface area contributed by atoms with Crippen LogP contribution in [0.1, 0.15) is 26.5 Å². The van der Waals surface area contributed by atoms with Crippen LogP contribution in [0, 0.1) is 6.92 Å². The topological polar surface area (TPSA) is 53.4 Å². The van der Waals surface area contributed by atoms with Crippen LogP contribution < -0.4 is 11.1 Å². The van der Waals surface area contributed by atoms with E-state index < -0.39 is 7.12 Å². The van der Waals surface area contributed by atoms with Crippen molar-refractivity contribution in [1.82, 2.24) is 4.98 Å². The molecule has 0 spiro atoms. The SMILES string of the molecule is Cc1nc(BC(C)(C)C)ccc1B(O)O. The Labute approximate surface area is 91.9 Å². The summed E-state index contributed by atoms with van der Waals surface area (Å²) in [5.41, 5.74) is 2.16. The third-order valence-corrected chi connectivity index (χ3v) is 2.17. The first-order valence-corrected chi connectivity index (χ1v) is 5.12. The van der Waals surface area contributed by atoms with Gasteiger partial charge in [-0.1, -0.05) is 38.2 Å². The maximum absolute atomic E-state index is 9.04. The van der Waals surface area contributed by atoms with Crippen LogP contribution in [0.25, 0.3) is 0 Å². The predicted molar refractivity (Wildman–Crippen MR) is 65.3 cm³/mol. The fourth-order valence-electron chi connectivity index (χ4n) is 1.54. The van der Waals surface area contributed by atoms with Gasteiger partial charge in [-0.3, -0.25) is 4.98 Å². The van der Waals surface area contributed by atoms with Gasteiger partial charge in [-0.15, -0.1) is 0 Å². The van der Waals surface area contributed by atoms with E-state index in [2.05, 4.69) is 25.8 Å². The fraction of sp³-hybridized carbons (Fsp3) is 0.500. The van der Waals surface area contributed by atoms with Crippen molar-refractivity contribution in [1.29, 1.82) is 0 Å². The van der Waals surface area contributed by atoms with Crippen LogP contribution in [-0.2, 0) is 0 Å². The lowest BCUT2D eigenvalue weighted by atomic mass is 9.53. The third-order valence-electron chi connectivity index (χ3n) is 2.17. The van der Waals surface area contributed by atoms with Crippen LogP contribution in [0.15, 0.2) is 12.1 Å². The van der Waals surface area contributed by atoms with E-state index in [4.69, 9.17) is 10.0 Å². The molecule has 0 saturated carbocycles. The normalized spacial score (nSPS) is 11.3. The molecule has 0 fully saturated rings. The van der Waals surface area contributed by atoms with E-state index in [0.717, 1.165) is 12.9 Å². The van der Waals surface area contributed by atoms with E-state index in [9.17, 15) is 0 Å². The molecule has 1 rings (SSSR count). The molecular formula is C10H17B2NO2. The molecule has 80 valence electrons. The summed E-state index contributed by atoms with van der Waals surface area (Å²) < 4.78 is 0. The smallest absolute Gasteiger partial charge is 0.423 e. The summed E-state index contributed by atoms with van der Waals surface area (Å²) in [4.78, 5) is 4.36. The van der Waals surface area contributed by atoms with E-state index in [1.807, 2.05) is 6.07 Å². The van der Waals surface area contributed by atoms with E-state index >= 15 is 0 Å². The Morgan fingerprint density at radius 2 is 1.87 bits per heavy atom. The number of hydrogen-bond donors (Lipinski definition) is 2. The molecule has 0 amide bonds. The summed E-state index contributed by atoms with van der Waals surface area (Å²) in [6.07, 6.45) is 0. The van der Waals surface area contributed by atoms with Gasteiger partial charge in [0.1, 0.15) is 0 Å². The summed E-state index contributed by atoms with van der Waals surface area (Å²) in [6, 6.07) is 3.58. The highest BCUT2D eigenvalue weighted by molar-refractivity contribution is 6.59. The summed E-state index contributed by atoms with van der Waals surface area (Å²) >= 11 is 0. The number of hydrogen-bond acceptors (Lipinski definition) is 3. The molecule has 0 atom stereocenters. The Morgan fingerprint density at radius 1 is 1.27 bits per heavy atom. The second-order valence-electron chi connectivity index (χ2n) is 5.09. The monoisotopic (exact) mass is 205 g/mol. The molecule has 0 unspecified atom stereocenters.